The molecule has 0 aliphatic carbocycles. The normalized spacial score (nSPS) is 12.8. The van der Waals surface area contributed by atoms with Crippen LogP contribution in [0.25, 0.3) is 5.57 Å². The average molecular weight is 195 g/mol. The summed E-state index contributed by atoms with van der Waals surface area (Å²) in [6.07, 6.45) is 1.13. The molecule has 1 aromatic heterocycles. The van der Waals surface area contributed by atoms with Crippen LogP contribution in [0.15, 0.2) is 22.4 Å². The number of nitrogens with one attached hydrogen (secondary N) is 1. The minimum absolute atomic E-state index is 0.969. The lowest BCUT2D eigenvalue weighted by molar-refractivity contribution is 0.919. The fourth-order valence-electron chi connectivity index (χ4n) is 1.33. The van der Waals surface area contributed by atoms with Crippen molar-refractivity contribution < 1.29 is 0 Å². The molecule has 0 spiro atoms. The molecule has 0 saturated carbocycles. The van der Waals surface area contributed by atoms with Gasteiger partial charge < -0.3 is 5.32 Å². The molecule has 1 rings (SSSR count). The smallest absolute Gasteiger partial charge is 0.0208 e. The van der Waals surface area contributed by atoms with Crippen molar-refractivity contribution in [3.05, 3.63) is 28.0 Å². The quantitative estimate of drug-likeness (QED) is 0.778. The Kier molecular flexibility index (Phi) is 4.19. The molecule has 0 bridgehead atoms. The van der Waals surface area contributed by atoms with Crippen molar-refractivity contribution >= 4 is 16.9 Å². The van der Waals surface area contributed by atoms with Crippen LogP contribution < -0.4 is 5.32 Å². The zero-order chi connectivity index (χ0) is 9.68. The van der Waals surface area contributed by atoms with Crippen LogP contribution in [0.5, 0.6) is 0 Å². The van der Waals surface area contributed by atoms with E-state index < -0.39 is 0 Å². The van der Waals surface area contributed by atoms with Crippen molar-refractivity contribution in [2.75, 3.05) is 13.6 Å². The first-order valence-corrected chi connectivity index (χ1v) is 5.59. The van der Waals surface area contributed by atoms with Crippen molar-refractivity contribution in [1.82, 2.24) is 5.32 Å². The number of rotatable bonds is 4. The van der Waals surface area contributed by atoms with Gasteiger partial charge in [-0.05, 0) is 48.4 Å². The van der Waals surface area contributed by atoms with Crippen LogP contribution >= 0.6 is 11.3 Å². The molecule has 0 unspecified atom stereocenters. The Balaban J connectivity index is 2.93. The zero-order valence-corrected chi connectivity index (χ0v) is 9.37. The van der Waals surface area contributed by atoms with Gasteiger partial charge in [-0.25, -0.2) is 0 Å². The van der Waals surface area contributed by atoms with Crippen molar-refractivity contribution in [2.24, 2.45) is 0 Å². The van der Waals surface area contributed by atoms with E-state index in [0.29, 0.717) is 0 Å². The number of allylic oxidation sites excluding steroid dienone is 1. The number of hydrogen-bond acceptors (Lipinski definition) is 2. The predicted octanol–water partition coefficient (Wildman–Crippen LogP) is 3.15. The molecule has 0 radical (unpaired) electrons. The Labute approximate surface area is 84.5 Å². The van der Waals surface area contributed by atoms with E-state index in [9.17, 15) is 0 Å². The molecule has 0 atom stereocenters. The second-order valence-electron chi connectivity index (χ2n) is 3.15. The molecule has 0 aromatic carbocycles. The number of hydrogen-bond donors (Lipinski definition) is 1. The summed E-state index contributed by atoms with van der Waals surface area (Å²) in [4.78, 5) is 0. The molecule has 1 aromatic rings. The summed E-state index contributed by atoms with van der Waals surface area (Å²) in [5, 5.41) is 7.57. The third-order valence-electron chi connectivity index (χ3n) is 2.27. The Hall–Kier alpha value is -0.600. The molecule has 0 aliphatic heterocycles. The highest BCUT2D eigenvalue weighted by atomic mass is 32.1. The second kappa shape index (κ2) is 5.20. The summed E-state index contributed by atoms with van der Waals surface area (Å²) in [7, 11) is 2.00. The highest BCUT2D eigenvalue weighted by Gasteiger charge is 2.03. The summed E-state index contributed by atoms with van der Waals surface area (Å²) in [6.45, 7) is 5.39. The first-order chi connectivity index (χ1) is 6.29. The summed E-state index contributed by atoms with van der Waals surface area (Å²) < 4.78 is 0. The predicted molar refractivity (Wildman–Crippen MR) is 61.1 cm³/mol. The summed E-state index contributed by atoms with van der Waals surface area (Å²) in [5.74, 6) is 0. The largest absolute Gasteiger partial charge is 0.316 e. The van der Waals surface area contributed by atoms with Gasteiger partial charge in [-0.2, -0.15) is 11.3 Å². The van der Waals surface area contributed by atoms with Gasteiger partial charge in [0.15, 0.2) is 0 Å². The van der Waals surface area contributed by atoms with Gasteiger partial charge >= 0.3 is 0 Å². The van der Waals surface area contributed by atoms with E-state index in [1.165, 1.54) is 16.7 Å². The van der Waals surface area contributed by atoms with E-state index in [1.807, 2.05) is 7.05 Å². The average Bonchev–Trinajstić information content (AvgIpc) is 2.65. The van der Waals surface area contributed by atoms with Crippen molar-refractivity contribution in [2.45, 2.75) is 20.3 Å². The van der Waals surface area contributed by atoms with Crippen molar-refractivity contribution in [3.63, 3.8) is 0 Å². The molecule has 0 saturated heterocycles. The monoisotopic (exact) mass is 195 g/mol. The molecule has 1 N–H and O–H groups in total. The van der Waals surface area contributed by atoms with Gasteiger partial charge in [0.05, 0.1) is 0 Å². The third kappa shape index (κ3) is 2.68. The molecule has 2 heteroatoms. The first-order valence-electron chi connectivity index (χ1n) is 4.65. The van der Waals surface area contributed by atoms with Crippen LogP contribution in [0.4, 0.5) is 0 Å². The number of thiophene rings is 1. The summed E-state index contributed by atoms with van der Waals surface area (Å²) in [5.41, 5.74) is 4.30. The van der Waals surface area contributed by atoms with Crippen LogP contribution in [-0.4, -0.2) is 13.6 Å². The zero-order valence-electron chi connectivity index (χ0n) is 8.55. The topological polar surface area (TPSA) is 12.0 Å². The van der Waals surface area contributed by atoms with Gasteiger partial charge in [-0.3, -0.25) is 0 Å². The van der Waals surface area contributed by atoms with Crippen LogP contribution in [0.3, 0.4) is 0 Å². The lowest BCUT2D eigenvalue weighted by Gasteiger charge is -2.08. The Morgan fingerprint density at radius 2 is 2.31 bits per heavy atom. The molecular formula is C11H17NS. The highest BCUT2D eigenvalue weighted by molar-refractivity contribution is 7.08. The lowest BCUT2D eigenvalue weighted by atomic mass is 10.0. The van der Waals surface area contributed by atoms with Crippen molar-refractivity contribution in [3.8, 4) is 0 Å². The van der Waals surface area contributed by atoms with Gasteiger partial charge in [0.1, 0.15) is 0 Å². The second-order valence-corrected chi connectivity index (χ2v) is 3.93. The Bertz CT molecular complexity index is 272. The highest BCUT2D eigenvalue weighted by Crippen LogP contribution is 2.21. The van der Waals surface area contributed by atoms with Gasteiger partial charge in [0.25, 0.3) is 0 Å². The standard InChI is InChI=1S/C11H17NS/c1-4-9(2)11(7-12-3)10-5-6-13-8-10/h5-6,8,12H,4,7H2,1-3H3/b11-9+. The number of likely N-dealkylation sites (N-methyl/N-ethyl adjacent to an activating group) is 1. The minimum Gasteiger partial charge on any atom is -0.316 e. The lowest BCUT2D eigenvalue weighted by Crippen LogP contribution is -2.10. The molecule has 0 aliphatic rings. The third-order valence-corrected chi connectivity index (χ3v) is 2.95. The molecule has 0 amide bonds. The molecule has 1 nitrogen and oxygen atoms in total. The van der Waals surface area contributed by atoms with Crippen molar-refractivity contribution in [1.29, 1.82) is 0 Å². The molecule has 13 heavy (non-hydrogen) atoms. The minimum atomic E-state index is 0.969. The first kappa shape index (κ1) is 10.5. The Morgan fingerprint density at radius 3 is 2.77 bits per heavy atom. The van der Waals surface area contributed by atoms with E-state index in [1.54, 1.807) is 11.3 Å². The van der Waals surface area contributed by atoms with E-state index in [0.717, 1.165) is 13.0 Å². The van der Waals surface area contributed by atoms with Crippen LogP contribution in [-0.2, 0) is 0 Å². The maximum Gasteiger partial charge on any atom is 0.0208 e. The summed E-state index contributed by atoms with van der Waals surface area (Å²) in [6, 6.07) is 2.19. The molecule has 72 valence electrons. The van der Waals surface area contributed by atoms with Gasteiger partial charge in [-0.15, -0.1) is 0 Å². The van der Waals surface area contributed by atoms with Gasteiger partial charge in [0, 0.05) is 6.54 Å². The molecular weight excluding hydrogens is 178 g/mol. The molecule has 0 fully saturated rings. The SMILES string of the molecule is CC/C(C)=C(\CNC)c1ccsc1. The van der Waals surface area contributed by atoms with E-state index in [-0.39, 0.29) is 0 Å². The van der Waals surface area contributed by atoms with Gasteiger partial charge in [-0.1, -0.05) is 12.5 Å². The maximum atomic E-state index is 3.22. The van der Waals surface area contributed by atoms with Crippen LogP contribution in [0.2, 0.25) is 0 Å². The van der Waals surface area contributed by atoms with E-state index in [2.05, 4.69) is 36.0 Å². The van der Waals surface area contributed by atoms with E-state index in [4.69, 9.17) is 0 Å². The summed E-state index contributed by atoms with van der Waals surface area (Å²) >= 11 is 1.76. The molecule has 1 heterocycles. The van der Waals surface area contributed by atoms with Crippen LogP contribution in [0, 0.1) is 0 Å². The van der Waals surface area contributed by atoms with Crippen LogP contribution in [0.1, 0.15) is 25.8 Å². The fraction of sp³-hybridized carbons (Fsp3) is 0.455. The Morgan fingerprint density at radius 1 is 1.54 bits per heavy atom. The van der Waals surface area contributed by atoms with Gasteiger partial charge in [0.2, 0.25) is 0 Å². The maximum absolute atomic E-state index is 3.22. The fourth-order valence-corrected chi connectivity index (χ4v) is 2.00. The van der Waals surface area contributed by atoms with E-state index >= 15 is 0 Å².